The van der Waals surface area contributed by atoms with Gasteiger partial charge in [0.1, 0.15) is 0 Å². The van der Waals surface area contributed by atoms with Gasteiger partial charge in [-0.3, -0.25) is 9.69 Å². The monoisotopic (exact) mass is 241 g/mol. The van der Waals surface area contributed by atoms with Crippen molar-refractivity contribution in [3.8, 4) is 0 Å². The summed E-state index contributed by atoms with van der Waals surface area (Å²) in [6.07, 6.45) is 6.95. The number of fused-ring (bicyclic) bond motifs is 1. The van der Waals surface area contributed by atoms with Crippen molar-refractivity contribution in [1.29, 1.82) is 0 Å². The van der Waals surface area contributed by atoms with Crippen molar-refractivity contribution >= 4 is 5.97 Å². The van der Waals surface area contributed by atoms with Crippen LogP contribution in [0.25, 0.3) is 0 Å². The van der Waals surface area contributed by atoms with E-state index in [-0.39, 0.29) is 5.97 Å². The van der Waals surface area contributed by atoms with Gasteiger partial charge in [-0.1, -0.05) is 12.8 Å². The van der Waals surface area contributed by atoms with E-state index in [9.17, 15) is 4.79 Å². The molecular weight excluding hydrogens is 218 g/mol. The molecule has 1 heterocycles. The first kappa shape index (κ1) is 12.8. The molecule has 0 aromatic rings. The number of hydrogen-bond donors (Lipinski definition) is 0. The zero-order valence-corrected chi connectivity index (χ0v) is 10.7. The maximum atomic E-state index is 11.1. The molecule has 0 unspecified atom stereocenters. The van der Waals surface area contributed by atoms with Crippen LogP contribution in [0.5, 0.6) is 0 Å². The first-order chi connectivity index (χ1) is 8.31. The molecule has 0 amide bonds. The Hall–Kier alpha value is -0.610. The van der Waals surface area contributed by atoms with Gasteiger partial charge in [-0.2, -0.15) is 0 Å². The van der Waals surface area contributed by atoms with Gasteiger partial charge in [0, 0.05) is 19.0 Å². The fourth-order valence-corrected chi connectivity index (χ4v) is 2.98. The van der Waals surface area contributed by atoms with E-state index in [1.165, 1.54) is 32.8 Å². The molecule has 2 atom stereocenters. The van der Waals surface area contributed by atoms with Gasteiger partial charge in [0.15, 0.2) is 0 Å². The lowest BCUT2D eigenvalue weighted by atomic mass is 9.90. The highest BCUT2D eigenvalue weighted by Crippen LogP contribution is 2.28. The van der Waals surface area contributed by atoms with Crippen LogP contribution < -0.4 is 0 Å². The van der Waals surface area contributed by atoms with Crippen LogP contribution in [-0.4, -0.2) is 49.8 Å². The largest absolute Gasteiger partial charge is 0.469 e. The normalized spacial score (nSPS) is 29.7. The van der Waals surface area contributed by atoms with Gasteiger partial charge in [0.2, 0.25) is 0 Å². The first-order valence-electron chi connectivity index (χ1n) is 6.73. The van der Waals surface area contributed by atoms with Crippen LogP contribution in [0.15, 0.2) is 0 Å². The third-order valence-electron chi connectivity index (χ3n) is 3.90. The summed E-state index contributed by atoms with van der Waals surface area (Å²) in [5.74, 6) is -0.0987. The fraction of sp³-hybridized carbons (Fsp3) is 0.923. The number of rotatable bonds is 4. The molecule has 4 nitrogen and oxygen atoms in total. The first-order valence-corrected chi connectivity index (χ1v) is 6.73. The second-order valence-electron chi connectivity index (χ2n) is 4.98. The van der Waals surface area contributed by atoms with Crippen LogP contribution in [0, 0.1) is 0 Å². The Labute approximate surface area is 103 Å². The van der Waals surface area contributed by atoms with E-state index in [0.29, 0.717) is 18.6 Å². The number of nitrogens with zero attached hydrogens (tertiary/aromatic N) is 1. The van der Waals surface area contributed by atoms with Gasteiger partial charge in [0.05, 0.1) is 19.8 Å². The van der Waals surface area contributed by atoms with Crippen LogP contribution in [0.4, 0.5) is 0 Å². The summed E-state index contributed by atoms with van der Waals surface area (Å²) in [6.45, 7) is 2.86. The third-order valence-corrected chi connectivity index (χ3v) is 3.90. The summed E-state index contributed by atoms with van der Waals surface area (Å²) >= 11 is 0. The van der Waals surface area contributed by atoms with Gasteiger partial charge in [-0.25, -0.2) is 0 Å². The lowest BCUT2D eigenvalue weighted by Gasteiger charge is -2.43. The van der Waals surface area contributed by atoms with E-state index in [2.05, 4.69) is 9.64 Å². The van der Waals surface area contributed by atoms with Crippen LogP contribution in [-0.2, 0) is 14.3 Å². The molecule has 0 aromatic carbocycles. The van der Waals surface area contributed by atoms with Gasteiger partial charge in [-0.05, 0) is 25.8 Å². The summed E-state index contributed by atoms with van der Waals surface area (Å²) < 4.78 is 10.5. The molecule has 17 heavy (non-hydrogen) atoms. The average Bonchev–Trinajstić information content (AvgIpc) is 2.39. The number of ether oxygens (including phenoxy) is 2. The van der Waals surface area contributed by atoms with E-state index >= 15 is 0 Å². The van der Waals surface area contributed by atoms with Crippen molar-refractivity contribution in [2.24, 2.45) is 0 Å². The number of hydrogen-bond acceptors (Lipinski definition) is 4. The molecule has 0 spiro atoms. The molecule has 1 aliphatic carbocycles. The molecule has 1 aliphatic heterocycles. The van der Waals surface area contributed by atoms with Crippen molar-refractivity contribution in [3.05, 3.63) is 0 Å². The fourth-order valence-electron chi connectivity index (χ4n) is 2.98. The summed E-state index contributed by atoms with van der Waals surface area (Å²) in [7, 11) is 1.45. The summed E-state index contributed by atoms with van der Waals surface area (Å²) in [6, 6.07) is 0.593. The maximum absolute atomic E-state index is 11.1. The van der Waals surface area contributed by atoms with Gasteiger partial charge in [-0.15, -0.1) is 0 Å². The van der Waals surface area contributed by atoms with Crippen molar-refractivity contribution in [2.45, 2.75) is 50.7 Å². The van der Waals surface area contributed by atoms with Gasteiger partial charge >= 0.3 is 5.97 Å². The Morgan fingerprint density at radius 2 is 2.24 bits per heavy atom. The topological polar surface area (TPSA) is 38.8 Å². The van der Waals surface area contributed by atoms with E-state index in [1.54, 1.807) is 0 Å². The molecule has 98 valence electrons. The Kier molecular flexibility index (Phi) is 4.80. The predicted molar refractivity (Wildman–Crippen MR) is 64.8 cm³/mol. The third kappa shape index (κ3) is 3.42. The zero-order valence-electron chi connectivity index (χ0n) is 10.7. The summed E-state index contributed by atoms with van der Waals surface area (Å²) in [4.78, 5) is 13.6. The van der Waals surface area contributed by atoms with E-state index in [4.69, 9.17) is 4.74 Å². The second kappa shape index (κ2) is 6.36. The number of carbonyl (C=O) groups excluding carboxylic acids is 1. The Morgan fingerprint density at radius 3 is 3.06 bits per heavy atom. The van der Waals surface area contributed by atoms with Crippen LogP contribution in [0.1, 0.15) is 38.5 Å². The standard InChI is InChI=1S/C13H23NO3/c1-16-13(15)7-4-8-14-9-10-17-12-6-3-2-5-11(12)14/h11-12H,2-10H2,1H3/t11-,12-/m0/s1. The van der Waals surface area contributed by atoms with E-state index in [0.717, 1.165) is 26.1 Å². The van der Waals surface area contributed by atoms with Crippen LogP contribution >= 0.6 is 0 Å². The van der Waals surface area contributed by atoms with Crippen molar-refractivity contribution in [2.75, 3.05) is 26.8 Å². The minimum Gasteiger partial charge on any atom is -0.469 e. The summed E-state index contributed by atoms with van der Waals surface area (Å²) in [5, 5.41) is 0. The second-order valence-corrected chi connectivity index (χ2v) is 4.98. The molecule has 4 heteroatoms. The molecule has 0 aromatic heterocycles. The van der Waals surface area contributed by atoms with Crippen molar-refractivity contribution in [3.63, 3.8) is 0 Å². The Bertz CT molecular complexity index is 255. The van der Waals surface area contributed by atoms with Gasteiger partial charge < -0.3 is 9.47 Å². The molecule has 0 bridgehead atoms. The Balaban J connectivity index is 1.76. The van der Waals surface area contributed by atoms with Gasteiger partial charge in [0.25, 0.3) is 0 Å². The van der Waals surface area contributed by atoms with Crippen molar-refractivity contribution < 1.29 is 14.3 Å². The molecule has 0 N–H and O–H groups in total. The summed E-state index contributed by atoms with van der Waals surface area (Å²) in [5.41, 5.74) is 0. The molecule has 2 aliphatic rings. The molecule has 1 saturated heterocycles. The minimum atomic E-state index is -0.0987. The van der Waals surface area contributed by atoms with Crippen LogP contribution in [0.3, 0.4) is 0 Å². The number of esters is 1. The highest BCUT2D eigenvalue weighted by Gasteiger charge is 2.33. The van der Waals surface area contributed by atoms with Crippen molar-refractivity contribution in [1.82, 2.24) is 4.90 Å². The lowest BCUT2D eigenvalue weighted by molar-refractivity contribution is -0.141. The lowest BCUT2D eigenvalue weighted by Crippen LogP contribution is -2.52. The van der Waals surface area contributed by atoms with Crippen LogP contribution in [0.2, 0.25) is 0 Å². The maximum Gasteiger partial charge on any atom is 0.305 e. The highest BCUT2D eigenvalue weighted by atomic mass is 16.5. The molecule has 1 saturated carbocycles. The highest BCUT2D eigenvalue weighted by molar-refractivity contribution is 5.69. The quantitative estimate of drug-likeness (QED) is 0.701. The molecule has 2 rings (SSSR count). The number of carbonyl (C=O) groups is 1. The molecular formula is C13H23NO3. The number of methoxy groups -OCH3 is 1. The number of morpholine rings is 1. The molecule has 2 fully saturated rings. The van der Waals surface area contributed by atoms with E-state index in [1.807, 2.05) is 0 Å². The Morgan fingerprint density at radius 1 is 1.41 bits per heavy atom. The average molecular weight is 241 g/mol. The predicted octanol–water partition coefficient (Wildman–Crippen LogP) is 1.58. The van der Waals surface area contributed by atoms with E-state index < -0.39 is 0 Å². The zero-order chi connectivity index (χ0) is 12.1. The minimum absolute atomic E-state index is 0.0987. The SMILES string of the molecule is COC(=O)CCCN1CCO[C@H]2CCCC[C@@H]21. The smallest absolute Gasteiger partial charge is 0.305 e. The molecule has 0 radical (unpaired) electrons.